The summed E-state index contributed by atoms with van der Waals surface area (Å²) in [7, 11) is 0. The van der Waals surface area contributed by atoms with Gasteiger partial charge in [0.2, 0.25) is 5.91 Å². The monoisotopic (exact) mass is 354 g/mol. The highest BCUT2D eigenvalue weighted by Crippen LogP contribution is 2.44. The number of carboxylic acids is 1. The van der Waals surface area contributed by atoms with E-state index in [0.29, 0.717) is 4.90 Å². The van der Waals surface area contributed by atoms with E-state index >= 15 is 0 Å². The van der Waals surface area contributed by atoms with Crippen LogP contribution in [0.1, 0.15) is 31.8 Å². The van der Waals surface area contributed by atoms with E-state index in [1.807, 2.05) is 48.5 Å². The van der Waals surface area contributed by atoms with Crippen LogP contribution in [0.4, 0.5) is 4.79 Å². The van der Waals surface area contributed by atoms with Gasteiger partial charge in [-0.25, -0.2) is 9.69 Å². The van der Waals surface area contributed by atoms with Crippen molar-refractivity contribution in [2.24, 2.45) is 0 Å². The summed E-state index contributed by atoms with van der Waals surface area (Å²) in [6.07, 6.45) is -1.16. The van der Waals surface area contributed by atoms with Crippen LogP contribution in [0.15, 0.2) is 48.5 Å². The van der Waals surface area contributed by atoms with Crippen LogP contribution in [0.2, 0.25) is 0 Å². The van der Waals surface area contributed by atoms with Gasteiger partial charge in [-0.1, -0.05) is 55.5 Å². The van der Waals surface area contributed by atoms with Gasteiger partial charge in [-0.05, 0) is 22.3 Å². The molecule has 0 saturated carbocycles. The molecule has 1 atom stereocenters. The van der Waals surface area contributed by atoms with Crippen molar-refractivity contribution < 1.29 is 25.6 Å². The molecule has 0 heterocycles. The molecule has 2 amide bonds. The molecule has 1 unspecified atom stereocenters. The van der Waals surface area contributed by atoms with Crippen LogP contribution in [0, 0.1) is 0 Å². The fourth-order valence-electron chi connectivity index (χ4n) is 3.11. The lowest BCUT2D eigenvalue weighted by Gasteiger charge is -2.20. The molecule has 0 aliphatic heterocycles. The van der Waals surface area contributed by atoms with Gasteiger partial charge in [0.1, 0.15) is 13.1 Å². The fourth-order valence-corrected chi connectivity index (χ4v) is 3.11. The minimum atomic E-state index is -1.33. The number of hydrogen-bond donors (Lipinski definition) is 1. The van der Waals surface area contributed by atoms with Gasteiger partial charge in [-0.2, -0.15) is 0 Å². The number of amides is 2. The SMILES string of the molecule is [2H]C(OC(=O)N(CC(=O)O)C(=O)CC)C1c2ccccc2-c2ccccc21. The minimum absolute atomic E-state index is 0.0415. The lowest BCUT2D eigenvalue weighted by molar-refractivity contribution is -0.143. The number of carbonyl (C=O) groups is 3. The standard InChI is InChI=1S/C20H19NO5/c1-2-18(22)21(11-19(23)24)20(25)26-12-17-15-9-5-3-7-13(15)14-8-4-6-10-16(14)17/h3-10,17H,2,11-12H2,1H3,(H,23,24)/i12D. The third-order valence-electron chi connectivity index (χ3n) is 4.30. The van der Waals surface area contributed by atoms with Crippen LogP contribution in [0.3, 0.4) is 0 Å². The zero-order valence-corrected chi connectivity index (χ0v) is 14.2. The van der Waals surface area contributed by atoms with E-state index in [0.717, 1.165) is 22.3 Å². The predicted octanol–water partition coefficient (Wildman–Crippen LogP) is 3.26. The molecule has 134 valence electrons. The molecule has 0 fully saturated rings. The summed E-state index contributed by atoms with van der Waals surface area (Å²) in [5.41, 5.74) is 3.66. The van der Waals surface area contributed by atoms with E-state index in [1.165, 1.54) is 6.92 Å². The highest BCUT2D eigenvalue weighted by Gasteiger charge is 2.31. The molecule has 1 aliphatic rings. The highest BCUT2D eigenvalue weighted by atomic mass is 16.6. The van der Waals surface area contributed by atoms with Gasteiger partial charge in [-0.3, -0.25) is 9.59 Å². The van der Waals surface area contributed by atoms with Crippen LogP contribution in [-0.2, 0) is 14.3 Å². The number of hydrogen-bond acceptors (Lipinski definition) is 4. The predicted molar refractivity (Wildman–Crippen MR) is 94.7 cm³/mol. The van der Waals surface area contributed by atoms with Crippen molar-refractivity contribution >= 4 is 18.0 Å². The van der Waals surface area contributed by atoms with Crippen LogP contribution < -0.4 is 0 Å². The van der Waals surface area contributed by atoms with Gasteiger partial charge >= 0.3 is 12.1 Å². The highest BCUT2D eigenvalue weighted by molar-refractivity contribution is 5.95. The fraction of sp³-hybridized carbons (Fsp3) is 0.250. The molecule has 0 aromatic heterocycles. The number of fused-ring (bicyclic) bond motifs is 3. The second kappa shape index (κ2) is 7.39. The topological polar surface area (TPSA) is 83.9 Å². The summed E-state index contributed by atoms with van der Waals surface area (Å²) in [6, 6.07) is 15.1. The quantitative estimate of drug-likeness (QED) is 0.891. The summed E-state index contributed by atoms with van der Waals surface area (Å²) in [5, 5.41) is 8.93. The van der Waals surface area contributed by atoms with Gasteiger partial charge in [-0.15, -0.1) is 0 Å². The molecule has 26 heavy (non-hydrogen) atoms. The van der Waals surface area contributed by atoms with Crippen molar-refractivity contribution in [3.8, 4) is 11.1 Å². The first kappa shape index (κ1) is 16.3. The first-order valence-corrected chi connectivity index (χ1v) is 8.27. The summed E-state index contributed by atoms with van der Waals surface area (Å²) in [5.74, 6) is -2.50. The van der Waals surface area contributed by atoms with Crippen LogP contribution in [-0.4, -0.2) is 41.1 Å². The molecule has 0 radical (unpaired) electrons. The molecule has 0 saturated heterocycles. The summed E-state index contributed by atoms with van der Waals surface area (Å²) < 4.78 is 13.6. The number of carbonyl (C=O) groups excluding carboxylic acids is 2. The van der Waals surface area contributed by atoms with E-state index in [4.69, 9.17) is 11.2 Å². The second-order valence-corrected chi connectivity index (χ2v) is 5.90. The normalized spacial score (nSPS) is 14.0. The lowest BCUT2D eigenvalue weighted by atomic mass is 9.98. The Bertz CT molecular complexity index is 852. The number of benzene rings is 2. The molecule has 1 N–H and O–H groups in total. The van der Waals surface area contributed by atoms with Crippen molar-refractivity contribution in [3.63, 3.8) is 0 Å². The zero-order chi connectivity index (χ0) is 19.6. The van der Waals surface area contributed by atoms with E-state index in [9.17, 15) is 14.4 Å². The number of aliphatic carboxylic acids is 1. The Hall–Kier alpha value is -3.15. The van der Waals surface area contributed by atoms with Gasteiger partial charge in [0.25, 0.3) is 0 Å². The van der Waals surface area contributed by atoms with Crippen molar-refractivity contribution in [2.75, 3.05) is 13.1 Å². The minimum Gasteiger partial charge on any atom is -0.480 e. The summed E-state index contributed by atoms with van der Waals surface area (Å²) in [6.45, 7) is -0.592. The molecule has 6 nitrogen and oxygen atoms in total. The van der Waals surface area contributed by atoms with Crippen molar-refractivity contribution in [1.82, 2.24) is 4.90 Å². The third-order valence-corrected chi connectivity index (χ3v) is 4.30. The molecule has 2 aromatic rings. The summed E-state index contributed by atoms with van der Waals surface area (Å²) >= 11 is 0. The Morgan fingerprint density at radius 1 is 1.08 bits per heavy atom. The average Bonchev–Trinajstić information content (AvgIpc) is 3.00. The number of rotatable bonds is 5. The van der Waals surface area contributed by atoms with Gasteiger partial charge in [0, 0.05) is 12.3 Å². The number of ether oxygens (including phenoxy) is 1. The molecular formula is C20H19NO5. The Balaban J connectivity index is 1.87. The molecule has 3 rings (SSSR count). The largest absolute Gasteiger partial charge is 0.480 e. The maximum atomic E-state index is 12.4. The molecule has 0 bridgehead atoms. The molecular weight excluding hydrogens is 334 g/mol. The van der Waals surface area contributed by atoms with Crippen molar-refractivity contribution in [2.45, 2.75) is 19.3 Å². The van der Waals surface area contributed by atoms with E-state index in [2.05, 4.69) is 0 Å². The molecule has 0 spiro atoms. The summed E-state index contributed by atoms with van der Waals surface area (Å²) in [4.78, 5) is 35.7. The average molecular weight is 354 g/mol. The smallest absolute Gasteiger partial charge is 0.417 e. The van der Waals surface area contributed by atoms with Crippen LogP contribution in [0.25, 0.3) is 11.1 Å². The maximum Gasteiger partial charge on any atom is 0.417 e. The van der Waals surface area contributed by atoms with Crippen LogP contribution >= 0.6 is 0 Å². The lowest BCUT2D eigenvalue weighted by Crippen LogP contribution is -2.41. The van der Waals surface area contributed by atoms with E-state index < -0.39 is 37.0 Å². The van der Waals surface area contributed by atoms with Crippen LogP contribution in [0.5, 0.6) is 0 Å². The van der Waals surface area contributed by atoms with Gasteiger partial charge in [0.05, 0.1) is 1.37 Å². The number of nitrogens with zero attached hydrogens (tertiary/aromatic N) is 1. The Kier molecular flexibility index (Phi) is 4.64. The Morgan fingerprint density at radius 2 is 1.62 bits per heavy atom. The first-order valence-electron chi connectivity index (χ1n) is 8.85. The van der Waals surface area contributed by atoms with Crippen molar-refractivity contribution in [3.05, 3.63) is 59.7 Å². The first-order chi connectivity index (χ1) is 12.9. The maximum absolute atomic E-state index is 12.4. The Labute approximate surface area is 152 Å². The third kappa shape index (κ3) is 3.31. The van der Waals surface area contributed by atoms with Crippen molar-refractivity contribution in [1.29, 1.82) is 0 Å². The van der Waals surface area contributed by atoms with Gasteiger partial charge < -0.3 is 9.84 Å². The van der Waals surface area contributed by atoms with E-state index in [-0.39, 0.29) is 6.42 Å². The molecule has 2 aromatic carbocycles. The number of carboxylic acid groups (broad SMARTS) is 1. The van der Waals surface area contributed by atoms with Gasteiger partial charge in [0.15, 0.2) is 0 Å². The molecule has 6 heteroatoms. The zero-order valence-electron chi connectivity index (χ0n) is 15.2. The second-order valence-electron chi connectivity index (χ2n) is 5.90. The Morgan fingerprint density at radius 3 is 2.12 bits per heavy atom. The molecule has 1 aliphatic carbocycles. The number of imide groups is 1. The van der Waals surface area contributed by atoms with E-state index in [1.54, 1.807) is 0 Å².